The number of benzene rings is 2. The van der Waals surface area contributed by atoms with E-state index < -0.39 is 17.6 Å². The topological polar surface area (TPSA) is 75.5 Å². The Hall–Kier alpha value is -3.52. The predicted molar refractivity (Wildman–Crippen MR) is 106 cm³/mol. The second-order valence-corrected chi connectivity index (χ2v) is 6.88. The van der Waals surface area contributed by atoms with Crippen LogP contribution in [0.15, 0.2) is 66.3 Å². The Morgan fingerprint density at radius 2 is 1.89 bits per heavy atom. The molecular formula is C20H15FN4O2S. The number of nitrogens with zero attached hydrogens (tertiary/aromatic N) is 2. The molecular weight excluding hydrogens is 379 g/mol. The fourth-order valence-electron chi connectivity index (χ4n) is 2.70. The van der Waals surface area contributed by atoms with Crippen molar-refractivity contribution in [3.05, 3.63) is 77.7 Å². The summed E-state index contributed by atoms with van der Waals surface area (Å²) in [5.74, 6) is -1.67. The molecule has 0 saturated heterocycles. The lowest BCUT2D eigenvalue weighted by Crippen LogP contribution is -2.33. The lowest BCUT2D eigenvalue weighted by Gasteiger charge is -2.08. The normalized spacial score (nSPS) is 10.8. The van der Waals surface area contributed by atoms with Gasteiger partial charge in [0.2, 0.25) is 5.91 Å². The molecule has 140 valence electrons. The van der Waals surface area contributed by atoms with Gasteiger partial charge in [-0.15, -0.1) is 11.3 Å². The van der Waals surface area contributed by atoms with E-state index in [9.17, 15) is 14.0 Å². The fourth-order valence-corrected chi connectivity index (χ4v) is 3.40. The molecule has 0 aliphatic carbocycles. The maximum Gasteiger partial charge on any atom is 0.254 e. The smallest absolute Gasteiger partial charge is 0.254 e. The van der Waals surface area contributed by atoms with Crippen molar-refractivity contribution in [2.24, 2.45) is 0 Å². The molecule has 6 nitrogen and oxygen atoms in total. The molecule has 0 unspecified atom stereocenters. The molecule has 0 aliphatic rings. The van der Waals surface area contributed by atoms with Crippen LogP contribution in [0.2, 0.25) is 0 Å². The Balaban J connectivity index is 1.35. The van der Waals surface area contributed by atoms with E-state index in [1.54, 1.807) is 29.5 Å². The summed E-state index contributed by atoms with van der Waals surface area (Å²) in [6.07, 6.45) is 3.89. The molecule has 0 fully saturated rings. The van der Waals surface area contributed by atoms with E-state index in [4.69, 9.17) is 0 Å². The monoisotopic (exact) mass is 394 g/mol. The molecule has 0 saturated carbocycles. The third-order valence-corrected chi connectivity index (χ3v) is 4.86. The summed E-state index contributed by atoms with van der Waals surface area (Å²) in [6.45, 7) is -0.258. The molecule has 0 atom stereocenters. The van der Waals surface area contributed by atoms with Gasteiger partial charge in [-0.25, -0.2) is 9.37 Å². The van der Waals surface area contributed by atoms with Crippen LogP contribution in [-0.2, 0) is 4.79 Å². The average molecular weight is 394 g/mol. The molecule has 8 heteroatoms. The highest BCUT2D eigenvalue weighted by molar-refractivity contribution is 7.15. The first-order valence-electron chi connectivity index (χ1n) is 8.45. The van der Waals surface area contributed by atoms with Crippen molar-refractivity contribution in [2.45, 2.75) is 0 Å². The maximum absolute atomic E-state index is 13.6. The maximum atomic E-state index is 13.6. The van der Waals surface area contributed by atoms with Gasteiger partial charge in [0.1, 0.15) is 5.82 Å². The summed E-state index contributed by atoms with van der Waals surface area (Å²) in [4.78, 5) is 29.4. The molecule has 0 bridgehead atoms. The number of halogens is 1. The van der Waals surface area contributed by atoms with Gasteiger partial charge in [0.15, 0.2) is 4.96 Å². The minimum atomic E-state index is -0.636. The van der Waals surface area contributed by atoms with Crippen molar-refractivity contribution in [3.63, 3.8) is 0 Å². The minimum absolute atomic E-state index is 0.0976. The quantitative estimate of drug-likeness (QED) is 0.543. The second kappa shape index (κ2) is 7.61. The average Bonchev–Trinajstić information content (AvgIpc) is 3.29. The van der Waals surface area contributed by atoms with Crippen LogP contribution in [0.1, 0.15) is 10.4 Å². The summed E-state index contributed by atoms with van der Waals surface area (Å²) < 4.78 is 15.5. The van der Waals surface area contributed by atoms with E-state index in [1.165, 1.54) is 18.2 Å². The van der Waals surface area contributed by atoms with Gasteiger partial charge >= 0.3 is 0 Å². The minimum Gasteiger partial charge on any atom is -0.343 e. The first kappa shape index (κ1) is 17.9. The number of hydrogen-bond donors (Lipinski definition) is 2. The van der Waals surface area contributed by atoms with E-state index in [2.05, 4.69) is 15.6 Å². The number of aromatic nitrogens is 2. The van der Waals surface area contributed by atoms with Crippen LogP contribution in [0.4, 0.5) is 10.1 Å². The zero-order chi connectivity index (χ0) is 19.5. The largest absolute Gasteiger partial charge is 0.343 e. The number of nitrogens with one attached hydrogen (secondary N) is 2. The van der Waals surface area contributed by atoms with Crippen molar-refractivity contribution in [1.29, 1.82) is 0 Å². The second-order valence-electron chi connectivity index (χ2n) is 6.01. The van der Waals surface area contributed by atoms with E-state index in [0.29, 0.717) is 5.69 Å². The molecule has 0 aliphatic heterocycles. The molecule has 0 radical (unpaired) electrons. The highest BCUT2D eigenvalue weighted by Gasteiger charge is 2.12. The third kappa shape index (κ3) is 3.77. The van der Waals surface area contributed by atoms with Gasteiger partial charge in [-0.05, 0) is 24.3 Å². The summed E-state index contributed by atoms with van der Waals surface area (Å²) in [5.41, 5.74) is 2.28. The number of hydrogen-bond acceptors (Lipinski definition) is 4. The highest BCUT2D eigenvalue weighted by atomic mass is 32.1. The number of carbonyl (C=O) groups excluding carboxylic acids is 2. The number of carbonyl (C=O) groups is 2. The highest BCUT2D eigenvalue weighted by Crippen LogP contribution is 2.23. The van der Waals surface area contributed by atoms with Gasteiger partial charge < -0.3 is 10.6 Å². The van der Waals surface area contributed by atoms with Crippen molar-refractivity contribution in [1.82, 2.24) is 14.7 Å². The zero-order valence-corrected chi connectivity index (χ0v) is 15.4. The SMILES string of the molecule is O=C(CNC(=O)c1ccccc1F)Nc1ccc(-c2cn3ccsc3n2)cc1. The number of thiazole rings is 1. The Kier molecular flexibility index (Phi) is 4.86. The van der Waals surface area contributed by atoms with Crippen LogP contribution in [0.5, 0.6) is 0 Å². The standard InChI is InChI=1S/C20H15FN4O2S/c21-16-4-2-1-3-15(16)19(27)22-11-18(26)23-14-7-5-13(6-8-14)17-12-25-9-10-28-20(25)24-17/h1-10,12H,11H2,(H,22,27)(H,23,26). The molecule has 4 aromatic rings. The first-order valence-corrected chi connectivity index (χ1v) is 9.33. The van der Waals surface area contributed by atoms with Crippen molar-refractivity contribution < 1.29 is 14.0 Å². The van der Waals surface area contributed by atoms with Gasteiger partial charge in [0.05, 0.1) is 17.8 Å². The molecule has 2 N–H and O–H groups in total. The summed E-state index contributed by atoms with van der Waals surface area (Å²) in [7, 11) is 0. The number of imidazole rings is 1. The van der Waals surface area contributed by atoms with E-state index in [-0.39, 0.29) is 12.1 Å². The van der Waals surface area contributed by atoms with Crippen LogP contribution in [-0.4, -0.2) is 27.7 Å². The molecule has 0 spiro atoms. The van der Waals surface area contributed by atoms with Gasteiger partial charge in [-0.3, -0.25) is 14.0 Å². The Labute approximate surface area is 163 Å². The Bertz CT molecular complexity index is 1120. The van der Waals surface area contributed by atoms with E-state index in [1.807, 2.05) is 34.3 Å². The Morgan fingerprint density at radius 1 is 1.11 bits per heavy atom. The van der Waals surface area contributed by atoms with Gasteiger partial charge in [0, 0.05) is 29.0 Å². The summed E-state index contributed by atoms with van der Waals surface area (Å²) >= 11 is 1.56. The molecule has 2 amide bonds. The van der Waals surface area contributed by atoms with Crippen LogP contribution in [0.25, 0.3) is 16.2 Å². The van der Waals surface area contributed by atoms with Crippen molar-refractivity contribution >= 4 is 33.8 Å². The number of fused-ring (bicyclic) bond motifs is 1. The van der Waals surface area contributed by atoms with E-state index >= 15 is 0 Å². The molecule has 28 heavy (non-hydrogen) atoms. The van der Waals surface area contributed by atoms with Crippen LogP contribution < -0.4 is 10.6 Å². The van der Waals surface area contributed by atoms with Gasteiger partial charge in [-0.2, -0.15) is 0 Å². The van der Waals surface area contributed by atoms with Crippen molar-refractivity contribution in [3.8, 4) is 11.3 Å². The van der Waals surface area contributed by atoms with Crippen LogP contribution in [0, 0.1) is 5.82 Å². The fraction of sp³-hybridized carbons (Fsp3) is 0.0500. The summed E-state index contributed by atoms with van der Waals surface area (Å²) in [5, 5.41) is 7.07. The molecule has 4 rings (SSSR count). The lowest BCUT2D eigenvalue weighted by atomic mass is 10.1. The molecule has 2 aromatic heterocycles. The van der Waals surface area contributed by atoms with Crippen molar-refractivity contribution in [2.75, 3.05) is 11.9 Å². The zero-order valence-electron chi connectivity index (χ0n) is 14.6. The van der Waals surface area contributed by atoms with Crippen LogP contribution in [0.3, 0.4) is 0 Å². The van der Waals surface area contributed by atoms with Crippen LogP contribution >= 0.6 is 11.3 Å². The Morgan fingerprint density at radius 3 is 2.64 bits per heavy atom. The van der Waals surface area contributed by atoms with Gasteiger partial charge in [-0.1, -0.05) is 24.3 Å². The number of amides is 2. The first-order chi connectivity index (χ1) is 13.6. The molecule has 2 aromatic carbocycles. The predicted octanol–water partition coefficient (Wildman–Crippen LogP) is 3.57. The van der Waals surface area contributed by atoms with E-state index in [0.717, 1.165) is 16.2 Å². The number of anilines is 1. The third-order valence-electron chi connectivity index (χ3n) is 4.09. The number of rotatable bonds is 5. The molecule has 2 heterocycles. The lowest BCUT2D eigenvalue weighted by molar-refractivity contribution is -0.115. The summed E-state index contributed by atoms with van der Waals surface area (Å²) in [6, 6.07) is 12.9. The van der Waals surface area contributed by atoms with Gasteiger partial charge in [0.25, 0.3) is 5.91 Å².